The fourth-order valence-corrected chi connectivity index (χ4v) is 2.21. The average Bonchev–Trinajstić information content (AvgIpc) is 2.62. The van der Waals surface area contributed by atoms with Crippen molar-refractivity contribution < 1.29 is 9.66 Å². The summed E-state index contributed by atoms with van der Waals surface area (Å²) in [5, 5.41) is 17.1. The van der Waals surface area contributed by atoms with Crippen LogP contribution in [0.1, 0.15) is 11.1 Å². The summed E-state index contributed by atoms with van der Waals surface area (Å²) in [6.45, 7) is 0.992. The highest BCUT2D eigenvalue weighted by molar-refractivity contribution is 14.0. The predicted molar refractivity (Wildman–Crippen MR) is 109 cm³/mol. The van der Waals surface area contributed by atoms with E-state index in [-0.39, 0.29) is 29.7 Å². The number of nitrogens with zero attached hydrogens (tertiary/aromatic N) is 2. The molecule has 0 radical (unpaired) electrons. The van der Waals surface area contributed by atoms with Crippen LogP contribution in [0.2, 0.25) is 0 Å². The maximum Gasteiger partial charge on any atom is 0.269 e. The molecule has 2 aromatic rings. The van der Waals surface area contributed by atoms with Gasteiger partial charge >= 0.3 is 0 Å². The summed E-state index contributed by atoms with van der Waals surface area (Å²) in [7, 11) is 3.30. The van der Waals surface area contributed by atoms with Gasteiger partial charge in [-0.1, -0.05) is 30.3 Å². The molecule has 0 unspecified atom stereocenters. The van der Waals surface area contributed by atoms with E-state index in [0.29, 0.717) is 19.0 Å². The van der Waals surface area contributed by atoms with E-state index in [1.165, 1.54) is 6.07 Å². The minimum absolute atomic E-state index is 0. The van der Waals surface area contributed by atoms with Crippen molar-refractivity contribution in [3.05, 3.63) is 69.8 Å². The number of aliphatic imine (C=N–C) groups is 1. The first-order valence-corrected chi connectivity index (χ1v) is 7.43. The predicted octanol–water partition coefficient (Wildman–Crippen LogP) is 3.09. The van der Waals surface area contributed by atoms with E-state index in [1.807, 2.05) is 30.3 Å². The maximum absolute atomic E-state index is 10.8. The molecule has 2 aromatic carbocycles. The molecule has 0 saturated heterocycles. The van der Waals surface area contributed by atoms with Crippen LogP contribution in [0, 0.1) is 10.1 Å². The monoisotopic (exact) mass is 456 g/mol. The Morgan fingerprint density at radius 1 is 1.16 bits per heavy atom. The number of guanidine groups is 1. The zero-order valence-electron chi connectivity index (χ0n) is 14.1. The van der Waals surface area contributed by atoms with Gasteiger partial charge in [-0.25, -0.2) is 0 Å². The van der Waals surface area contributed by atoms with Gasteiger partial charge in [0.25, 0.3) is 5.69 Å². The van der Waals surface area contributed by atoms with Crippen LogP contribution >= 0.6 is 24.0 Å². The van der Waals surface area contributed by atoms with Crippen molar-refractivity contribution in [1.29, 1.82) is 0 Å². The summed E-state index contributed by atoms with van der Waals surface area (Å²) in [5.74, 6) is 1.41. The molecular weight excluding hydrogens is 435 g/mol. The van der Waals surface area contributed by atoms with Gasteiger partial charge in [-0.05, 0) is 11.6 Å². The Bertz CT molecular complexity index is 737. The number of nitrogens with one attached hydrogen (secondary N) is 2. The smallest absolute Gasteiger partial charge is 0.269 e. The summed E-state index contributed by atoms with van der Waals surface area (Å²) in [6, 6.07) is 14.2. The fraction of sp³-hybridized carbons (Fsp3) is 0.235. The van der Waals surface area contributed by atoms with Crippen molar-refractivity contribution in [1.82, 2.24) is 10.6 Å². The van der Waals surface area contributed by atoms with Gasteiger partial charge in [0, 0.05) is 37.8 Å². The van der Waals surface area contributed by atoms with E-state index in [2.05, 4.69) is 15.6 Å². The lowest BCUT2D eigenvalue weighted by Crippen LogP contribution is -2.36. The number of methoxy groups -OCH3 is 1. The fourth-order valence-electron chi connectivity index (χ4n) is 2.21. The van der Waals surface area contributed by atoms with Gasteiger partial charge in [-0.2, -0.15) is 0 Å². The van der Waals surface area contributed by atoms with E-state index < -0.39 is 4.92 Å². The largest absolute Gasteiger partial charge is 0.496 e. The highest BCUT2D eigenvalue weighted by atomic mass is 127. The second-order valence-electron chi connectivity index (χ2n) is 5.02. The molecule has 8 heteroatoms. The number of ether oxygens (including phenoxy) is 1. The second kappa shape index (κ2) is 10.5. The highest BCUT2D eigenvalue weighted by Gasteiger charge is 2.07. The van der Waals surface area contributed by atoms with Gasteiger partial charge in [-0.15, -0.1) is 24.0 Å². The van der Waals surface area contributed by atoms with Gasteiger partial charge in [-0.3, -0.25) is 15.1 Å². The third-order valence-corrected chi connectivity index (χ3v) is 3.44. The van der Waals surface area contributed by atoms with Crippen LogP contribution < -0.4 is 15.4 Å². The molecule has 25 heavy (non-hydrogen) atoms. The van der Waals surface area contributed by atoms with Gasteiger partial charge in [0.2, 0.25) is 0 Å². The minimum atomic E-state index is -0.405. The molecule has 0 saturated carbocycles. The number of non-ortho nitro benzene ring substituents is 1. The highest BCUT2D eigenvalue weighted by Crippen LogP contribution is 2.16. The van der Waals surface area contributed by atoms with Crippen LogP contribution in [0.5, 0.6) is 5.75 Å². The zero-order chi connectivity index (χ0) is 17.4. The Morgan fingerprint density at radius 3 is 2.56 bits per heavy atom. The van der Waals surface area contributed by atoms with Crippen molar-refractivity contribution in [3.8, 4) is 5.75 Å². The number of hydrogen-bond donors (Lipinski definition) is 2. The number of nitro groups is 1. The van der Waals surface area contributed by atoms with Crippen LogP contribution in [-0.2, 0) is 13.1 Å². The van der Waals surface area contributed by atoms with Crippen LogP contribution in [0.3, 0.4) is 0 Å². The molecule has 2 N–H and O–H groups in total. The Kier molecular flexibility index (Phi) is 8.68. The SMILES string of the molecule is CN=C(NCc1cccc([N+](=O)[O-])c1)NCc1ccccc1OC.I. The zero-order valence-corrected chi connectivity index (χ0v) is 16.4. The van der Waals surface area contributed by atoms with Crippen LogP contribution in [0.15, 0.2) is 53.5 Å². The Morgan fingerprint density at radius 2 is 1.88 bits per heavy atom. The van der Waals surface area contributed by atoms with Crippen LogP contribution in [0.25, 0.3) is 0 Å². The van der Waals surface area contributed by atoms with E-state index in [4.69, 9.17) is 4.74 Å². The molecule has 0 atom stereocenters. The van der Waals surface area contributed by atoms with Crippen molar-refractivity contribution in [2.45, 2.75) is 13.1 Å². The number of benzene rings is 2. The van der Waals surface area contributed by atoms with Gasteiger partial charge in [0.1, 0.15) is 5.75 Å². The second-order valence-corrected chi connectivity index (χ2v) is 5.02. The summed E-state index contributed by atoms with van der Waals surface area (Å²) in [6.07, 6.45) is 0. The summed E-state index contributed by atoms with van der Waals surface area (Å²) >= 11 is 0. The van der Waals surface area contributed by atoms with Gasteiger partial charge in [0.15, 0.2) is 5.96 Å². The average molecular weight is 456 g/mol. The third-order valence-electron chi connectivity index (χ3n) is 3.44. The molecule has 0 fully saturated rings. The number of hydrogen-bond acceptors (Lipinski definition) is 4. The molecule has 0 aliphatic carbocycles. The molecule has 2 rings (SSSR count). The first-order chi connectivity index (χ1) is 11.6. The van der Waals surface area contributed by atoms with Crippen molar-refractivity contribution in [2.75, 3.05) is 14.2 Å². The molecule has 7 nitrogen and oxygen atoms in total. The van der Waals surface area contributed by atoms with E-state index in [0.717, 1.165) is 16.9 Å². The summed E-state index contributed by atoms with van der Waals surface area (Å²) in [4.78, 5) is 14.6. The molecule has 134 valence electrons. The number of nitro benzene ring substituents is 1. The minimum Gasteiger partial charge on any atom is -0.496 e. The maximum atomic E-state index is 10.8. The van der Waals surface area contributed by atoms with E-state index >= 15 is 0 Å². The first-order valence-electron chi connectivity index (χ1n) is 7.43. The molecule has 0 aliphatic heterocycles. The lowest BCUT2D eigenvalue weighted by Gasteiger charge is -2.13. The van der Waals surface area contributed by atoms with E-state index in [1.54, 1.807) is 26.3 Å². The van der Waals surface area contributed by atoms with Crippen molar-refractivity contribution >= 4 is 35.6 Å². The standard InChI is InChI=1S/C17H20N4O3.HI/c1-18-17(20-12-14-7-3-4-9-16(14)24-2)19-11-13-6-5-8-15(10-13)21(22)23;/h3-10H,11-12H2,1-2H3,(H2,18,19,20);1H. The molecule has 0 heterocycles. The summed E-state index contributed by atoms with van der Waals surface area (Å²) in [5.41, 5.74) is 1.90. The number of rotatable bonds is 6. The Hall–Kier alpha value is -2.36. The topological polar surface area (TPSA) is 88.8 Å². The van der Waals surface area contributed by atoms with E-state index in [9.17, 15) is 10.1 Å². The van der Waals surface area contributed by atoms with Gasteiger partial charge < -0.3 is 15.4 Å². The molecular formula is C17H21IN4O3. The quantitative estimate of drug-likeness (QED) is 0.229. The van der Waals surface area contributed by atoms with Crippen molar-refractivity contribution in [2.24, 2.45) is 4.99 Å². The molecule has 0 spiro atoms. The molecule has 0 aromatic heterocycles. The Labute approximate surface area is 163 Å². The molecule has 0 bridgehead atoms. The van der Waals surface area contributed by atoms with Crippen molar-refractivity contribution in [3.63, 3.8) is 0 Å². The van der Waals surface area contributed by atoms with Crippen LogP contribution in [0.4, 0.5) is 5.69 Å². The molecule has 0 aliphatic rings. The van der Waals surface area contributed by atoms with Crippen LogP contribution in [-0.4, -0.2) is 25.0 Å². The molecule has 0 amide bonds. The third kappa shape index (κ3) is 6.22. The summed E-state index contributed by atoms with van der Waals surface area (Å²) < 4.78 is 5.31. The number of halogens is 1. The lowest BCUT2D eigenvalue weighted by molar-refractivity contribution is -0.384. The normalized spacial score (nSPS) is 10.6. The lowest BCUT2D eigenvalue weighted by atomic mass is 10.2. The number of para-hydroxylation sites is 1. The first kappa shape index (κ1) is 20.7. The Balaban J connectivity index is 0.00000312. The van der Waals surface area contributed by atoms with Gasteiger partial charge in [0.05, 0.1) is 12.0 Å².